The summed E-state index contributed by atoms with van der Waals surface area (Å²) in [6.07, 6.45) is 1.07. The fourth-order valence-corrected chi connectivity index (χ4v) is 4.07. The largest absolute Gasteiger partial charge is 0.497 e. The van der Waals surface area contributed by atoms with Crippen molar-refractivity contribution >= 4 is 11.7 Å². The van der Waals surface area contributed by atoms with Gasteiger partial charge in [-0.3, -0.25) is 4.90 Å². The third-order valence-corrected chi connectivity index (χ3v) is 5.73. The number of ether oxygens (including phenoxy) is 3. The third kappa shape index (κ3) is 4.23. The first-order chi connectivity index (χ1) is 13.6. The maximum Gasteiger partial charge on any atom is 0.292 e. The lowest BCUT2D eigenvalue weighted by Gasteiger charge is -2.23. The van der Waals surface area contributed by atoms with Crippen molar-refractivity contribution in [3.8, 4) is 29.4 Å². The average molecular weight is 400 g/mol. The van der Waals surface area contributed by atoms with Crippen LogP contribution in [0, 0.1) is 23.7 Å². The van der Waals surface area contributed by atoms with Crippen molar-refractivity contribution in [2.75, 3.05) is 26.7 Å². The standard InChI is InChI=1S/C21H25N3O3S/c1-14(2)18(8-7-15-5-4-6-17(11-15)25-3)26-20-21(23-28-22-20)27-19-13-24-10-9-16(19)12-24/h4-6,11,14,16,18-19H,9-10,12-13H2,1-3H3. The zero-order valence-corrected chi connectivity index (χ0v) is 17.2. The van der Waals surface area contributed by atoms with Crippen molar-refractivity contribution in [3.63, 3.8) is 0 Å². The fraction of sp³-hybridized carbons (Fsp3) is 0.524. The molecule has 6 nitrogen and oxygen atoms in total. The summed E-state index contributed by atoms with van der Waals surface area (Å²) in [4.78, 5) is 2.44. The molecular weight excluding hydrogens is 374 g/mol. The van der Waals surface area contributed by atoms with Crippen molar-refractivity contribution in [1.82, 2.24) is 13.6 Å². The predicted octanol–water partition coefficient (Wildman–Crippen LogP) is 3.08. The van der Waals surface area contributed by atoms with Crippen molar-refractivity contribution in [3.05, 3.63) is 29.8 Å². The van der Waals surface area contributed by atoms with Crippen molar-refractivity contribution < 1.29 is 14.2 Å². The number of nitrogens with zero attached hydrogens (tertiary/aromatic N) is 3. The molecular formula is C21H25N3O3S. The minimum absolute atomic E-state index is 0.181. The SMILES string of the molecule is COc1cccc(C#CC(Oc2nsnc2OC2CN3CCC2C3)C(C)C)c1. The topological polar surface area (TPSA) is 56.7 Å². The van der Waals surface area contributed by atoms with Gasteiger partial charge in [-0.1, -0.05) is 31.8 Å². The van der Waals surface area contributed by atoms with Gasteiger partial charge in [0.15, 0.2) is 6.10 Å². The average Bonchev–Trinajstić information content (AvgIpc) is 3.43. The van der Waals surface area contributed by atoms with Crippen LogP contribution in [-0.2, 0) is 0 Å². The van der Waals surface area contributed by atoms with Crippen LogP contribution in [0.1, 0.15) is 25.8 Å². The molecule has 0 amide bonds. The lowest BCUT2D eigenvalue weighted by Crippen LogP contribution is -2.32. The summed E-state index contributed by atoms with van der Waals surface area (Å²) in [5.41, 5.74) is 0.887. The molecule has 2 fully saturated rings. The van der Waals surface area contributed by atoms with E-state index in [2.05, 4.69) is 39.3 Å². The second-order valence-electron chi connectivity index (χ2n) is 7.62. The van der Waals surface area contributed by atoms with Crippen LogP contribution in [0.5, 0.6) is 17.5 Å². The van der Waals surface area contributed by atoms with Gasteiger partial charge in [0.2, 0.25) is 0 Å². The Kier molecular flexibility index (Phi) is 5.69. The highest BCUT2D eigenvalue weighted by Gasteiger charge is 2.40. The van der Waals surface area contributed by atoms with Crippen LogP contribution < -0.4 is 14.2 Å². The Morgan fingerprint density at radius 1 is 1.21 bits per heavy atom. The van der Waals surface area contributed by atoms with Gasteiger partial charge in [0, 0.05) is 30.5 Å². The van der Waals surface area contributed by atoms with Crippen molar-refractivity contribution in [2.45, 2.75) is 32.5 Å². The quantitative estimate of drug-likeness (QED) is 0.696. The van der Waals surface area contributed by atoms with Gasteiger partial charge in [-0.05, 0) is 31.2 Å². The summed E-state index contributed by atoms with van der Waals surface area (Å²) in [6, 6.07) is 7.69. The van der Waals surface area contributed by atoms with Crippen molar-refractivity contribution in [1.29, 1.82) is 0 Å². The van der Waals surface area contributed by atoms with Crippen LogP contribution in [0.3, 0.4) is 0 Å². The Morgan fingerprint density at radius 3 is 2.79 bits per heavy atom. The molecule has 0 saturated carbocycles. The van der Waals surface area contributed by atoms with Gasteiger partial charge in [-0.2, -0.15) is 0 Å². The molecule has 28 heavy (non-hydrogen) atoms. The van der Waals surface area contributed by atoms with E-state index in [9.17, 15) is 0 Å². The van der Waals surface area contributed by atoms with E-state index in [1.807, 2.05) is 24.3 Å². The maximum absolute atomic E-state index is 6.16. The normalized spacial score (nSPS) is 23.9. The number of benzene rings is 1. The van der Waals surface area contributed by atoms with Gasteiger partial charge in [-0.25, -0.2) is 0 Å². The second-order valence-corrected chi connectivity index (χ2v) is 8.15. The Balaban J connectivity index is 1.46. The Morgan fingerprint density at radius 2 is 2.07 bits per heavy atom. The zero-order valence-electron chi connectivity index (χ0n) is 16.4. The van der Waals surface area contributed by atoms with Gasteiger partial charge in [0.1, 0.15) is 11.9 Å². The second kappa shape index (κ2) is 8.38. The summed E-state index contributed by atoms with van der Waals surface area (Å²) in [5.74, 6) is 8.91. The number of hydrogen-bond acceptors (Lipinski definition) is 7. The number of piperidine rings is 1. The molecule has 0 aliphatic carbocycles. The Bertz CT molecular complexity index is 873. The van der Waals surface area contributed by atoms with Gasteiger partial charge in [-0.15, -0.1) is 8.75 Å². The van der Waals surface area contributed by atoms with Crippen molar-refractivity contribution in [2.24, 2.45) is 11.8 Å². The number of hydrogen-bond donors (Lipinski definition) is 0. The molecule has 0 radical (unpaired) electrons. The van der Waals surface area contributed by atoms with Crippen LogP contribution >= 0.6 is 11.7 Å². The molecule has 1 aromatic heterocycles. The van der Waals surface area contributed by atoms with E-state index in [1.165, 1.54) is 13.0 Å². The van der Waals surface area contributed by atoms with Crippen LogP contribution in [0.15, 0.2) is 24.3 Å². The highest BCUT2D eigenvalue weighted by molar-refractivity contribution is 6.99. The highest BCUT2D eigenvalue weighted by Crippen LogP contribution is 2.34. The molecule has 2 saturated heterocycles. The molecule has 148 valence electrons. The number of fused-ring (bicyclic) bond motifs is 2. The molecule has 1 aromatic carbocycles. The molecule has 4 atom stereocenters. The summed E-state index contributed by atoms with van der Waals surface area (Å²) in [6.45, 7) is 7.42. The lowest BCUT2D eigenvalue weighted by molar-refractivity contribution is 0.122. The summed E-state index contributed by atoms with van der Waals surface area (Å²) in [5, 5.41) is 0. The van der Waals surface area contributed by atoms with Gasteiger partial charge >= 0.3 is 0 Å². The van der Waals surface area contributed by atoms with Gasteiger partial charge in [0.25, 0.3) is 11.8 Å². The van der Waals surface area contributed by atoms with E-state index in [1.54, 1.807) is 7.11 Å². The number of rotatable bonds is 6. The fourth-order valence-electron chi connectivity index (χ4n) is 3.64. The molecule has 2 bridgehead atoms. The highest BCUT2D eigenvalue weighted by atomic mass is 32.1. The van der Waals surface area contributed by atoms with Crippen LogP contribution in [0.2, 0.25) is 0 Å². The van der Waals surface area contributed by atoms with E-state index in [4.69, 9.17) is 14.2 Å². The minimum atomic E-state index is -0.304. The summed E-state index contributed by atoms with van der Waals surface area (Å²) < 4.78 is 26.2. The number of methoxy groups -OCH3 is 1. The van der Waals surface area contributed by atoms with E-state index < -0.39 is 0 Å². The molecule has 2 aromatic rings. The summed E-state index contributed by atoms with van der Waals surface area (Å²) >= 11 is 1.11. The lowest BCUT2D eigenvalue weighted by atomic mass is 10.0. The first-order valence-corrected chi connectivity index (χ1v) is 10.4. The third-order valence-electron chi connectivity index (χ3n) is 5.24. The van der Waals surface area contributed by atoms with E-state index >= 15 is 0 Å². The minimum Gasteiger partial charge on any atom is -0.497 e. The van der Waals surface area contributed by atoms with E-state index in [0.29, 0.717) is 17.7 Å². The smallest absolute Gasteiger partial charge is 0.292 e. The predicted molar refractivity (Wildman–Crippen MR) is 108 cm³/mol. The summed E-state index contributed by atoms with van der Waals surface area (Å²) in [7, 11) is 1.65. The Hall–Kier alpha value is -2.30. The molecule has 4 rings (SSSR count). The maximum atomic E-state index is 6.16. The number of aromatic nitrogens is 2. The zero-order chi connectivity index (χ0) is 19.5. The molecule has 0 spiro atoms. The van der Waals surface area contributed by atoms with E-state index in [0.717, 1.165) is 36.1 Å². The molecule has 2 aliphatic heterocycles. The first-order valence-electron chi connectivity index (χ1n) is 9.66. The van der Waals surface area contributed by atoms with Gasteiger partial charge in [0.05, 0.1) is 18.8 Å². The molecule has 0 N–H and O–H groups in total. The molecule has 3 heterocycles. The van der Waals surface area contributed by atoms with Crippen LogP contribution in [0.4, 0.5) is 0 Å². The Labute approximate surface area is 170 Å². The van der Waals surface area contributed by atoms with Crippen LogP contribution in [-0.4, -0.2) is 52.6 Å². The van der Waals surface area contributed by atoms with Crippen LogP contribution in [0.25, 0.3) is 0 Å². The molecule has 7 heteroatoms. The molecule has 4 unspecified atom stereocenters. The first kappa shape index (κ1) is 19.0. The van der Waals surface area contributed by atoms with E-state index in [-0.39, 0.29) is 18.1 Å². The molecule has 2 aliphatic rings. The van der Waals surface area contributed by atoms with Gasteiger partial charge < -0.3 is 14.2 Å². The monoisotopic (exact) mass is 399 g/mol.